The summed E-state index contributed by atoms with van der Waals surface area (Å²) in [6.45, 7) is 2.21. The predicted molar refractivity (Wildman–Crippen MR) is 109 cm³/mol. The topological polar surface area (TPSA) is 86.7 Å². The quantitative estimate of drug-likeness (QED) is 0.309. The monoisotopic (exact) mass is 444 g/mol. The molecule has 0 spiro atoms. The third kappa shape index (κ3) is 9.51. The van der Waals surface area contributed by atoms with E-state index in [4.69, 9.17) is 4.74 Å². The van der Waals surface area contributed by atoms with Crippen LogP contribution in [0.1, 0.15) is 63.9 Å². The van der Waals surface area contributed by atoms with E-state index in [1.54, 1.807) is 12.1 Å². The molecule has 0 amide bonds. The zero-order valence-electron chi connectivity index (χ0n) is 17.4. The fourth-order valence-electron chi connectivity index (χ4n) is 3.15. The molecule has 154 valence electrons. The van der Waals surface area contributed by atoms with Crippen molar-refractivity contribution in [2.24, 2.45) is 0 Å². The van der Waals surface area contributed by atoms with Crippen molar-refractivity contribution in [2.75, 3.05) is 0 Å². The van der Waals surface area contributed by atoms with Crippen molar-refractivity contribution in [3.63, 3.8) is 0 Å². The van der Waals surface area contributed by atoms with E-state index in [-0.39, 0.29) is 67.8 Å². The first kappa shape index (κ1) is 26.6. The summed E-state index contributed by atoms with van der Waals surface area (Å²) in [6.07, 6.45) is 10.4. The van der Waals surface area contributed by atoms with Crippen LogP contribution < -0.4 is 61.2 Å². The number of hydrogen-bond acceptors (Lipinski definition) is 4. The molecule has 0 saturated heterocycles. The van der Waals surface area contributed by atoms with Gasteiger partial charge in [0.2, 0.25) is 0 Å². The third-order valence-corrected chi connectivity index (χ3v) is 5.58. The van der Waals surface area contributed by atoms with Gasteiger partial charge in [0, 0.05) is 0 Å². The molecular weight excluding hydrogens is 415 g/mol. The molecule has 5 nitrogen and oxygen atoms in total. The minimum atomic E-state index is -4.41. The van der Waals surface area contributed by atoms with Crippen molar-refractivity contribution >= 4 is 10.1 Å². The Kier molecular flexibility index (Phi) is 12.7. The van der Waals surface area contributed by atoms with Crippen LogP contribution in [-0.2, 0) is 16.5 Å². The van der Waals surface area contributed by atoms with Crippen LogP contribution in [0.25, 0.3) is 0 Å². The van der Waals surface area contributed by atoms with Crippen LogP contribution in [0, 0.1) is 0 Å². The van der Waals surface area contributed by atoms with Gasteiger partial charge < -0.3 is 9.84 Å². The molecule has 0 aromatic heterocycles. The van der Waals surface area contributed by atoms with Crippen LogP contribution in [0.4, 0.5) is 0 Å². The van der Waals surface area contributed by atoms with Crippen molar-refractivity contribution < 1.29 is 74.2 Å². The van der Waals surface area contributed by atoms with Gasteiger partial charge in [0.05, 0.1) is 0 Å². The minimum Gasteiger partial charge on any atom is -0.872 e. The molecule has 0 bridgehead atoms. The molecule has 0 unspecified atom stereocenters. The molecule has 0 atom stereocenters. The van der Waals surface area contributed by atoms with E-state index in [2.05, 4.69) is 6.92 Å². The van der Waals surface area contributed by atoms with Gasteiger partial charge in [0.25, 0.3) is 10.1 Å². The van der Waals surface area contributed by atoms with Gasteiger partial charge in [-0.1, -0.05) is 76.1 Å². The van der Waals surface area contributed by atoms with Gasteiger partial charge >= 0.3 is 51.4 Å². The van der Waals surface area contributed by atoms with Crippen molar-refractivity contribution in [1.29, 1.82) is 0 Å². The molecule has 2 aromatic carbocycles. The second-order valence-corrected chi connectivity index (χ2v) is 8.41. The Labute approximate surface area is 217 Å². The summed E-state index contributed by atoms with van der Waals surface area (Å²) in [4.78, 5) is -0.315. The molecule has 2 aromatic rings. The first-order valence-electron chi connectivity index (χ1n) is 9.96. The van der Waals surface area contributed by atoms with Gasteiger partial charge in [-0.15, -0.1) is 5.75 Å². The molecule has 0 heterocycles. The SMILES string of the molecule is CCCCCCCCCCc1ccc([O-])cc1Oc1ccccc1S(=O)(=O)O.[K+]. The largest absolute Gasteiger partial charge is 1.00 e. The van der Waals surface area contributed by atoms with Crippen LogP contribution in [0.3, 0.4) is 0 Å². The Morgan fingerprint density at radius 2 is 1.52 bits per heavy atom. The van der Waals surface area contributed by atoms with E-state index in [1.807, 2.05) is 0 Å². The number of benzene rings is 2. The second-order valence-electron chi connectivity index (χ2n) is 7.02. The first-order valence-corrected chi connectivity index (χ1v) is 11.4. The van der Waals surface area contributed by atoms with E-state index in [9.17, 15) is 18.1 Å². The molecular formula is C22H29KO5S. The van der Waals surface area contributed by atoms with Gasteiger partial charge in [0.1, 0.15) is 16.4 Å². The zero-order valence-corrected chi connectivity index (χ0v) is 21.3. The van der Waals surface area contributed by atoms with Gasteiger partial charge in [-0.05, 0) is 36.6 Å². The predicted octanol–water partition coefficient (Wildman–Crippen LogP) is 2.49. The first-order chi connectivity index (χ1) is 13.4. The normalized spacial score (nSPS) is 11.1. The maximum atomic E-state index is 11.8. The summed E-state index contributed by atoms with van der Waals surface area (Å²) in [6, 6.07) is 10.4. The van der Waals surface area contributed by atoms with Crippen LogP contribution in [-0.4, -0.2) is 13.0 Å². The maximum Gasteiger partial charge on any atom is 1.00 e. The van der Waals surface area contributed by atoms with Crippen LogP contribution in [0.15, 0.2) is 47.4 Å². The van der Waals surface area contributed by atoms with Crippen molar-refractivity contribution in [3.8, 4) is 17.2 Å². The molecule has 1 N–H and O–H groups in total. The van der Waals surface area contributed by atoms with E-state index in [0.717, 1.165) is 24.8 Å². The van der Waals surface area contributed by atoms with Crippen LogP contribution in [0.2, 0.25) is 0 Å². The number of ether oxygens (including phenoxy) is 1. The summed E-state index contributed by atoms with van der Waals surface area (Å²) in [5.74, 6) is 0.137. The molecule has 0 aliphatic rings. The number of para-hydroxylation sites is 1. The van der Waals surface area contributed by atoms with Gasteiger partial charge in [-0.3, -0.25) is 4.55 Å². The molecule has 0 aliphatic heterocycles. The number of unbranched alkanes of at least 4 members (excludes halogenated alkanes) is 7. The third-order valence-electron chi connectivity index (χ3n) is 4.69. The summed E-state index contributed by atoms with van der Waals surface area (Å²) in [7, 11) is -4.41. The van der Waals surface area contributed by atoms with Crippen molar-refractivity contribution in [1.82, 2.24) is 0 Å². The zero-order chi connectivity index (χ0) is 20.4. The Balaban J connectivity index is 0.00000420. The van der Waals surface area contributed by atoms with Crippen molar-refractivity contribution in [2.45, 2.75) is 69.6 Å². The molecule has 2 rings (SSSR count). The number of aryl methyl sites for hydroxylation is 1. The summed E-state index contributed by atoms with van der Waals surface area (Å²) < 4.78 is 38.2. The van der Waals surface area contributed by atoms with Gasteiger partial charge in [0.15, 0.2) is 0 Å². The van der Waals surface area contributed by atoms with E-state index in [0.29, 0.717) is 5.75 Å². The number of hydrogen-bond donors (Lipinski definition) is 1. The summed E-state index contributed by atoms with van der Waals surface area (Å²) in [5.41, 5.74) is 0.857. The number of rotatable bonds is 12. The molecule has 0 radical (unpaired) electrons. The minimum absolute atomic E-state index is 0. The molecule has 0 fully saturated rings. The molecule has 0 saturated carbocycles. The van der Waals surface area contributed by atoms with E-state index < -0.39 is 10.1 Å². The van der Waals surface area contributed by atoms with Crippen molar-refractivity contribution in [3.05, 3.63) is 48.0 Å². The fraction of sp³-hybridized carbons (Fsp3) is 0.455. The Hall–Kier alpha value is -0.414. The average Bonchev–Trinajstić information content (AvgIpc) is 2.65. The van der Waals surface area contributed by atoms with E-state index >= 15 is 0 Å². The summed E-state index contributed by atoms with van der Waals surface area (Å²) >= 11 is 0. The second kappa shape index (κ2) is 13.8. The standard InChI is InChI=1S/C22H30O5S.K/c1-2-3-4-5-6-7-8-9-12-18-15-16-19(23)17-21(18)27-20-13-10-11-14-22(20)28(24,25)26;/h10-11,13-17,23H,2-9,12H2,1H3,(H,24,25,26);/q;+1/p-1. The Morgan fingerprint density at radius 1 is 0.897 bits per heavy atom. The van der Waals surface area contributed by atoms with Gasteiger partial charge in [-0.2, -0.15) is 8.42 Å². The summed E-state index contributed by atoms with van der Waals surface area (Å²) in [5, 5.41) is 11.8. The molecule has 29 heavy (non-hydrogen) atoms. The Morgan fingerprint density at radius 3 is 2.17 bits per heavy atom. The van der Waals surface area contributed by atoms with Crippen LogP contribution in [0.5, 0.6) is 17.2 Å². The van der Waals surface area contributed by atoms with E-state index in [1.165, 1.54) is 68.9 Å². The molecule has 7 heteroatoms. The van der Waals surface area contributed by atoms with Gasteiger partial charge in [-0.25, -0.2) is 0 Å². The fourth-order valence-corrected chi connectivity index (χ4v) is 3.77. The van der Waals surface area contributed by atoms with Crippen LogP contribution >= 0.6 is 0 Å². The molecule has 0 aliphatic carbocycles. The Bertz CT molecular complexity index is 852. The smallest absolute Gasteiger partial charge is 0.872 e. The average molecular weight is 445 g/mol. The maximum absolute atomic E-state index is 11.8.